The topological polar surface area (TPSA) is 55.6 Å². The van der Waals surface area contributed by atoms with E-state index >= 15 is 0 Å². The van der Waals surface area contributed by atoms with E-state index in [-0.39, 0.29) is 5.28 Å². The lowest BCUT2D eigenvalue weighted by Crippen LogP contribution is -2.06. The summed E-state index contributed by atoms with van der Waals surface area (Å²) in [5, 5.41) is 3.59. The van der Waals surface area contributed by atoms with Gasteiger partial charge in [0.25, 0.3) is 0 Å². The molecule has 0 saturated heterocycles. The summed E-state index contributed by atoms with van der Waals surface area (Å²) in [5.41, 5.74) is 1.54. The smallest absolute Gasteiger partial charge is 0.226 e. The maximum absolute atomic E-state index is 5.92. The molecular weight excluding hydrogens is 274 g/mol. The van der Waals surface area contributed by atoms with Crippen LogP contribution in [0.15, 0.2) is 6.33 Å². The van der Waals surface area contributed by atoms with E-state index in [0.29, 0.717) is 5.65 Å². The Morgan fingerprint density at radius 2 is 1.90 bits per heavy atom. The Balaban J connectivity index is 1.88. The fraction of sp³-hybridized carbons (Fsp3) is 0.643. The molecule has 110 valence electrons. The molecular formula is C14H22ClN5. The minimum atomic E-state index is 0.238. The lowest BCUT2D eigenvalue weighted by Gasteiger charge is -2.08. The minimum absolute atomic E-state index is 0.238. The standard InChI is InChI=1S/C14H22ClN5/c1-3-4-5-6-7-8-9-16-12-11-13(17-10-20(11)2)19-14(15)18-12/h10H,3-9H2,1-2H3,(H,16,18,19). The molecule has 0 fully saturated rings. The Kier molecular flexibility index (Phi) is 5.59. The zero-order valence-corrected chi connectivity index (χ0v) is 12.9. The van der Waals surface area contributed by atoms with Crippen molar-refractivity contribution in [3.8, 4) is 0 Å². The highest BCUT2D eigenvalue weighted by molar-refractivity contribution is 6.28. The SMILES string of the molecule is CCCCCCCCNc1nc(Cl)nc2ncn(C)c12. The molecule has 2 aromatic heterocycles. The maximum Gasteiger partial charge on any atom is 0.226 e. The van der Waals surface area contributed by atoms with E-state index in [1.807, 2.05) is 11.6 Å². The van der Waals surface area contributed by atoms with E-state index in [0.717, 1.165) is 24.3 Å². The molecule has 0 aliphatic rings. The van der Waals surface area contributed by atoms with Gasteiger partial charge < -0.3 is 9.88 Å². The number of anilines is 1. The highest BCUT2D eigenvalue weighted by Gasteiger charge is 2.10. The van der Waals surface area contributed by atoms with Crippen LogP contribution in [-0.4, -0.2) is 26.1 Å². The normalized spacial score (nSPS) is 11.2. The van der Waals surface area contributed by atoms with Crippen LogP contribution >= 0.6 is 11.6 Å². The Bertz CT molecular complexity index is 552. The average molecular weight is 296 g/mol. The average Bonchev–Trinajstić information content (AvgIpc) is 2.79. The number of halogens is 1. The number of hydrogen-bond acceptors (Lipinski definition) is 4. The Morgan fingerprint density at radius 1 is 1.15 bits per heavy atom. The van der Waals surface area contributed by atoms with Gasteiger partial charge in [0.05, 0.1) is 6.33 Å². The van der Waals surface area contributed by atoms with Crippen molar-refractivity contribution in [1.82, 2.24) is 19.5 Å². The lowest BCUT2D eigenvalue weighted by molar-refractivity contribution is 0.617. The number of nitrogens with zero attached hydrogens (tertiary/aromatic N) is 4. The van der Waals surface area contributed by atoms with Crippen LogP contribution in [0.3, 0.4) is 0 Å². The fourth-order valence-corrected chi connectivity index (χ4v) is 2.43. The number of aryl methyl sites for hydroxylation is 1. The number of nitrogens with one attached hydrogen (secondary N) is 1. The summed E-state index contributed by atoms with van der Waals surface area (Å²) in [5.74, 6) is 0.772. The second-order valence-electron chi connectivity index (χ2n) is 5.06. The van der Waals surface area contributed by atoms with Crippen LogP contribution in [0.2, 0.25) is 5.28 Å². The van der Waals surface area contributed by atoms with Gasteiger partial charge in [-0.25, -0.2) is 4.98 Å². The van der Waals surface area contributed by atoms with Gasteiger partial charge in [0.2, 0.25) is 5.28 Å². The third kappa shape index (κ3) is 3.82. The van der Waals surface area contributed by atoms with E-state index in [1.54, 1.807) is 6.33 Å². The summed E-state index contributed by atoms with van der Waals surface area (Å²) in [6.07, 6.45) is 9.39. The van der Waals surface area contributed by atoms with Crippen LogP contribution in [0.25, 0.3) is 11.2 Å². The van der Waals surface area contributed by atoms with Gasteiger partial charge in [-0.05, 0) is 18.0 Å². The highest BCUT2D eigenvalue weighted by atomic mass is 35.5. The summed E-state index contributed by atoms with van der Waals surface area (Å²) >= 11 is 5.92. The first-order chi connectivity index (χ1) is 9.72. The van der Waals surface area contributed by atoms with Crippen LogP contribution in [0, 0.1) is 0 Å². The van der Waals surface area contributed by atoms with E-state index in [9.17, 15) is 0 Å². The molecule has 1 N–H and O–H groups in total. The van der Waals surface area contributed by atoms with E-state index < -0.39 is 0 Å². The molecule has 5 nitrogen and oxygen atoms in total. The predicted molar refractivity (Wildman–Crippen MR) is 83.2 cm³/mol. The summed E-state index contributed by atoms with van der Waals surface area (Å²) in [6.45, 7) is 3.14. The largest absolute Gasteiger partial charge is 0.368 e. The van der Waals surface area contributed by atoms with Crippen molar-refractivity contribution in [2.75, 3.05) is 11.9 Å². The summed E-state index contributed by atoms with van der Waals surface area (Å²) < 4.78 is 1.91. The molecule has 2 rings (SSSR count). The molecule has 0 atom stereocenters. The van der Waals surface area contributed by atoms with Crippen LogP contribution < -0.4 is 5.32 Å². The molecule has 0 radical (unpaired) electrons. The molecule has 6 heteroatoms. The molecule has 0 amide bonds. The van der Waals surface area contributed by atoms with Crippen LogP contribution in [0.4, 0.5) is 5.82 Å². The van der Waals surface area contributed by atoms with Gasteiger partial charge in [-0.3, -0.25) is 0 Å². The van der Waals surface area contributed by atoms with E-state index in [4.69, 9.17) is 11.6 Å². The molecule has 0 aliphatic carbocycles. The first-order valence-electron chi connectivity index (χ1n) is 7.30. The summed E-state index contributed by atoms with van der Waals surface area (Å²) in [4.78, 5) is 12.6. The Hall–Kier alpha value is -1.36. The number of fused-ring (bicyclic) bond motifs is 1. The molecule has 2 aromatic rings. The molecule has 0 bridgehead atoms. The minimum Gasteiger partial charge on any atom is -0.368 e. The van der Waals surface area contributed by atoms with Gasteiger partial charge in [-0.2, -0.15) is 9.97 Å². The molecule has 0 aliphatic heterocycles. The zero-order valence-electron chi connectivity index (χ0n) is 12.2. The fourth-order valence-electron chi connectivity index (χ4n) is 2.27. The van der Waals surface area contributed by atoms with Crippen molar-refractivity contribution in [2.24, 2.45) is 7.05 Å². The number of unbranched alkanes of at least 4 members (excludes halogenated alkanes) is 5. The van der Waals surface area contributed by atoms with Crippen molar-refractivity contribution in [3.05, 3.63) is 11.6 Å². The second kappa shape index (κ2) is 7.43. The Morgan fingerprint density at radius 3 is 2.70 bits per heavy atom. The van der Waals surface area contributed by atoms with E-state index in [2.05, 4.69) is 27.2 Å². The molecule has 2 heterocycles. The molecule has 0 saturated carbocycles. The Labute approximate surface area is 124 Å². The van der Waals surface area contributed by atoms with Crippen LogP contribution in [-0.2, 0) is 7.05 Å². The maximum atomic E-state index is 5.92. The monoisotopic (exact) mass is 295 g/mol. The molecule has 0 aromatic carbocycles. The van der Waals surface area contributed by atoms with Crippen molar-refractivity contribution >= 4 is 28.6 Å². The van der Waals surface area contributed by atoms with Gasteiger partial charge in [0, 0.05) is 13.6 Å². The lowest BCUT2D eigenvalue weighted by atomic mass is 10.1. The van der Waals surface area contributed by atoms with Crippen LogP contribution in [0.5, 0.6) is 0 Å². The second-order valence-corrected chi connectivity index (χ2v) is 5.40. The third-order valence-corrected chi connectivity index (χ3v) is 3.54. The quantitative estimate of drug-likeness (QED) is 0.594. The number of hydrogen-bond donors (Lipinski definition) is 1. The molecule has 0 unspecified atom stereocenters. The van der Waals surface area contributed by atoms with Crippen LogP contribution in [0.1, 0.15) is 45.4 Å². The van der Waals surface area contributed by atoms with Gasteiger partial charge in [-0.1, -0.05) is 39.0 Å². The van der Waals surface area contributed by atoms with Gasteiger partial charge in [0.1, 0.15) is 5.52 Å². The number of aromatic nitrogens is 4. The van der Waals surface area contributed by atoms with Gasteiger partial charge in [-0.15, -0.1) is 0 Å². The third-order valence-electron chi connectivity index (χ3n) is 3.37. The van der Waals surface area contributed by atoms with Crippen molar-refractivity contribution in [2.45, 2.75) is 45.4 Å². The first-order valence-corrected chi connectivity index (χ1v) is 7.68. The molecule has 20 heavy (non-hydrogen) atoms. The van der Waals surface area contributed by atoms with Crippen molar-refractivity contribution in [3.63, 3.8) is 0 Å². The number of imidazole rings is 1. The summed E-state index contributed by atoms with van der Waals surface area (Å²) in [6, 6.07) is 0. The van der Waals surface area contributed by atoms with Crippen molar-refractivity contribution < 1.29 is 0 Å². The van der Waals surface area contributed by atoms with Gasteiger partial charge >= 0.3 is 0 Å². The highest BCUT2D eigenvalue weighted by Crippen LogP contribution is 2.20. The first kappa shape index (κ1) is 15.0. The zero-order chi connectivity index (χ0) is 14.4. The number of rotatable bonds is 8. The summed E-state index contributed by atoms with van der Waals surface area (Å²) in [7, 11) is 1.93. The van der Waals surface area contributed by atoms with Gasteiger partial charge in [0.15, 0.2) is 11.5 Å². The predicted octanol–water partition coefficient (Wildman–Crippen LogP) is 3.79. The van der Waals surface area contributed by atoms with E-state index in [1.165, 1.54) is 32.1 Å². The van der Waals surface area contributed by atoms with Crippen molar-refractivity contribution in [1.29, 1.82) is 0 Å². The molecule has 0 spiro atoms.